The van der Waals surface area contributed by atoms with E-state index in [-0.39, 0.29) is 5.91 Å². The number of anilines is 1. The first-order valence-electron chi connectivity index (χ1n) is 8.04. The summed E-state index contributed by atoms with van der Waals surface area (Å²) in [5.41, 5.74) is 1.54. The maximum Gasteiger partial charge on any atom is 0.328 e. The van der Waals surface area contributed by atoms with Crippen LogP contribution in [0.4, 0.5) is 5.69 Å². The summed E-state index contributed by atoms with van der Waals surface area (Å²) in [5, 5.41) is 6.66. The van der Waals surface area contributed by atoms with Crippen LogP contribution in [-0.4, -0.2) is 31.1 Å². The van der Waals surface area contributed by atoms with Gasteiger partial charge in [-0.25, -0.2) is 4.79 Å². The molecule has 2 aromatic carbocycles. The lowest BCUT2D eigenvalue weighted by atomic mass is 10.1. The molecule has 0 aliphatic heterocycles. The second-order valence-corrected chi connectivity index (χ2v) is 6.67. The molecule has 26 heavy (non-hydrogen) atoms. The van der Waals surface area contributed by atoms with Crippen molar-refractivity contribution in [2.45, 2.75) is 25.4 Å². The summed E-state index contributed by atoms with van der Waals surface area (Å²) >= 11 is 11.9. The quantitative estimate of drug-likeness (QED) is 0.702. The Hall–Kier alpha value is -2.24. The van der Waals surface area contributed by atoms with Gasteiger partial charge in [0.2, 0.25) is 5.91 Å². The molecule has 0 aliphatic carbocycles. The number of hydrogen-bond donors (Lipinski definition) is 2. The average Bonchev–Trinajstić information content (AvgIpc) is 2.60. The van der Waals surface area contributed by atoms with Crippen LogP contribution in [0.15, 0.2) is 48.5 Å². The molecule has 7 heteroatoms. The Morgan fingerprint density at radius 1 is 1.08 bits per heavy atom. The van der Waals surface area contributed by atoms with E-state index in [1.165, 1.54) is 7.11 Å². The van der Waals surface area contributed by atoms with E-state index in [0.29, 0.717) is 22.2 Å². The van der Waals surface area contributed by atoms with E-state index in [9.17, 15) is 9.59 Å². The Balaban J connectivity index is 2.04. The Morgan fingerprint density at radius 2 is 1.69 bits per heavy atom. The minimum Gasteiger partial charge on any atom is -0.467 e. The maximum atomic E-state index is 12.5. The highest BCUT2D eigenvalue weighted by atomic mass is 35.5. The number of methoxy groups -OCH3 is 1. The smallest absolute Gasteiger partial charge is 0.328 e. The second-order valence-electron chi connectivity index (χ2n) is 5.80. The van der Waals surface area contributed by atoms with Crippen molar-refractivity contribution in [1.82, 2.24) is 5.32 Å². The summed E-state index contributed by atoms with van der Waals surface area (Å²) in [6, 6.07) is 13.0. The van der Waals surface area contributed by atoms with Gasteiger partial charge in [0.05, 0.1) is 7.11 Å². The van der Waals surface area contributed by atoms with Gasteiger partial charge in [-0.15, -0.1) is 0 Å². The van der Waals surface area contributed by atoms with Crippen molar-refractivity contribution in [3.8, 4) is 0 Å². The van der Waals surface area contributed by atoms with E-state index in [1.807, 2.05) is 30.3 Å². The van der Waals surface area contributed by atoms with Gasteiger partial charge in [-0.3, -0.25) is 4.79 Å². The van der Waals surface area contributed by atoms with E-state index >= 15 is 0 Å². The molecular formula is C19H20Cl2N2O3. The number of ether oxygens (including phenoxy) is 1. The number of esters is 1. The Morgan fingerprint density at radius 3 is 2.27 bits per heavy atom. The van der Waals surface area contributed by atoms with Crippen molar-refractivity contribution in [3.05, 3.63) is 64.1 Å². The van der Waals surface area contributed by atoms with Gasteiger partial charge in [-0.1, -0.05) is 53.5 Å². The normalized spacial score (nSPS) is 12.8. The summed E-state index contributed by atoms with van der Waals surface area (Å²) < 4.78 is 4.81. The van der Waals surface area contributed by atoms with Crippen molar-refractivity contribution in [3.63, 3.8) is 0 Å². The van der Waals surface area contributed by atoms with Crippen molar-refractivity contribution in [2.24, 2.45) is 0 Å². The SMILES string of the molecule is COC(=O)C(Cc1ccccc1)NC(=O)C(C)Nc1cc(Cl)cc(Cl)c1. The predicted octanol–water partition coefficient (Wildman–Crippen LogP) is 3.69. The molecule has 2 aromatic rings. The monoisotopic (exact) mass is 394 g/mol. The fourth-order valence-corrected chi connectivity index (χ4v) is 2.96. The first kappa shape index (κ1) is 20.1. The van der Waals surface area contributed by atoms with Crippen LogP contribution >= 0.6 is 23.2 Å². The van der Waals surface area contributed by atoms with Gasteiger partial charge in [-0.2, -0.15) is 0 Å². The maximum absolute atomic E-state index is 12.5. The van der Waals surface area contributed by atoms with Crippen LogP contribution in [0.25, 0.3) is 0 Å². The van der Waals surface area contributed by atoms with Gasteiger partial charge in [-0.05, 0) is 30.7 Å². The topological polar surface area (TPSA) is 67.4 Å². The molecular weight excluding hydrogens is 375 g/mol. The van der Waals surface area contributed by atoms with Crippen molar-refractivity contribution >= 4 is 40.8 Å². The fourth-order valence-electron chi connectivity index (χ4n) is 2.43. The van der Waals surface area contributed by atoms with Crippen LogP contribution in [0.3, 0.4) is 0 Å². The van der Waals surface area contributed by atoms with Gasteiger partial charge in [0.15, 0.2) is 0 Å². The Kier molecular flexibility index (Phi) is 7.30. The Bertz CT molecular complexity index is 748. The van der Waals surface area contributed by atoms with Gasteiger partial charge >= 0.3 is 5.97 Å². The largest absolute Gasteiger partial charge is 0.467 e. The second kappa shape index (κ2) is 9.46. The van der Waals surface area contributed by atoms with Crippen molar-refractivity contribution in [2.75, 3.05) is 12.4 Å². The molecule has 2 atom stereocenters. The zero-order valence-electron chi connectivity index (χ0n) is 14.5. The van der Waals surface area contributed by atoms with E-state index in [4.69, 9.17) is 27.9 Å². The van der Waals surface area contributed by atoms with Crippen LogP contribution < -0.4 is 10.6 Å². The van der Waals surface area contributed by atoms with E-state index in [0.717, 1.165) is 5.56 Å². The molecule has 0 heterocycles. The van der Waals surface area contributed by atoms with Crippen molar-refractivity contribution < 1.29 is 14.3 Å². The van der Waals surface area contributed by atoms with Crippen LogP contribution in [0.1, 0.15) is 12.5 Å². The molecule has 0 saturated heterocycles. The number of halogens is 2. The van der Waals surface area contributed by atoms with E-state index in [1.54, 1.807) is 25.1 Å². The van der Waals surface area contributed by atoms with Gasteiger partial charge < -0.3 is 15.4 Å². The molecule has 5 nitrogen and oxygen atoms in total. The minimum atomic E-state index is -0.776. The molecule has 0 radical (unpaired) electrons. The first-order chi connectivity index (χ1) is 12.4. The van der Waals surface area contributed by atoms with Crippen LogP contribution in [0, 0.1) is 0 Å². The standard InChI is InChI=1S/C19H20Cl2N2O3/c1-12(22-16-10-14(20)9-15(21)11-16)18(24)23-17(19(25)26-2)8-13-6-4-3-5-7-13/h3-7,9-12,17,22H,8H2,1-2H3,(H,23,24). The molecule has 0 aromatic heterocycles. The zero-order valence-corrected chi connectivity index (χ0v) is 16.0. The predicted molar refractivity (Wildman–Crippen MR) is 104 cm³/mol. The number of amides is 1. The number of benzene rings is 2. The molecule has 138 valence electrons. The highest BCUT2D eigenvalue weighted by Gasteiger charge is 2.24. The lowest BCUT2D eigenvalue weighted by molar-refractivity contribution is -0.145. The molecule has 0 spiro atoms. The van der Waals surface area contributed by atoms with Gasteiger partial charge in [0.25, 0.3) is 0 Å². The summed E-state index contributed by atoms with van der Waals surface area (Å²) in [7, 11) is 1.29. The molecule has 0 aliphatic rings. The summed E-state index contributed by atoms with van der Waals surface area (Å²) in [4.78, 5) is 24.5. The molecule has 1 amide bonds. The molecule has 2 N–H and O–H groups in total. The highest BCUT2D eigenvalue weighted by molar-refractivity contribution is 6.35. The number of nitrogens with one attached hydrogen (secondary N) is 2. The first-order valence-corrected chi connectivity index (χ1v) is 8.79. The zero-order chi connectivity index (χ0) is 19.1. The number of hydrogen-bond acceptors (Lipinski definition) is 4. The van der Waals surface area contributed by atoms with Crippen LogP contribution in [0.5, 0.6) is 0 Å². The lowest BCUT2D eigenvalue weighted by Crippen LogP contribution is -2.48. The van der Waals surface area contributed by atoms with Crippen LogP contribution in [-0.2, 0) is 20.7 Å². The summed E-state index contributed by atoms with van der Waals surface area (Å²) in [6.45, 7) is 1.68. The molecule has 0 bridgehead atoms. The fraction of sp³-hybridized carbons (Fsp3) is 0.263. The third-order valence-corrected chi connectivity index (χ3v) is 4.16. The third-order valence-electron chi connectivity index (χ3n) is 3.72. The van der Waals surface area contributed by atoms with Gasteiger partial charge in [0.1, 0.15) is 12.1 Å². The summed E-state index contributed by atoms with van der Waals surface area (Å²) in [6.07, 6.45) is 0.342. The van der Waals surface area contributed by atoms with Crippen LogP contribution in [0.2, 0.25) is 10.0 Å². The van der Waals surface area contributed by atoms with E-state index in [2.05, 4.69) is 10.6 Å². The Labute approximate surface area is 162 Å². The lowest BCUT2D eigenvalue weighted by Gasteiger charge is -2.21. The molecule has 0 saturated carbocycles. The third kappa shape index (κ3) is 5.93. The molecule has 0 fully saturated rings. The van der Waals surface area contributed by atoms with Crippen molar-refractivity contribution in [1.29, 1.82) is 0 Å². The minimum absolute atomic E-state index is 0.340. The van der Waals surface area contributed by atoms with Gasteiger partial charge in [0, 0.05) is 22.2 Å². The average molecular weight is 395 g/mol. The van der Waals surface area contributed by atoms with E-state index < -0.39 is 18.1 Å². The number of carbonyl (C=O) groups excluding carboxylic acids is 2. The highest BCUT2D eigenvalue weighted by Crippen LogP contribution is 2.23. The number of carbonyl (C=O) groups is 2. The molecule has 2 rings (SSSR count). The number of rotatable bonds is 7. The molecule has 2 unspecified atom stereocenters. The summed E-state index contributed by atoms with van der Waals surface area (Å²) in [5.74, 6) is -0.840.